The van der Waals surface area contributed by atoms with Gasteiger partial charge in [-0.1, -0.05) is 11.6 Å². The Kier molecular flexibility index (Phi) is 4.68. The van der Waals surface area contributed by atoms with Gasteiger partial charge in [-0.2, -0.15) is 5.10 Å². The van der Waals surface area contributed by atoms with E-state index in [-0.39, 0.29) is 12.2 Å². The van der Waals surface area contributed by atoms with Gasteiger partial charge in [0.05, 0.1) is 29.9 Å². The van der Waals surface area contributed by atoms with Crippen LogP contribution in [0.15, 0.2) is 18.2 Å². The van der Waals surface area contributed by atoms with Crippen LogP contribution in [-0.4, -0.2) is 22.7 Å². The lowest BCUT2D eigenvalue weighted by molar-refractivity contribution is 0.0990. The Morgan fingerprint density at radius 3 is 2.67 bits per heavy atom. The summed E-state index contributed by atoms with van der Waals surface area (Å²) >= 11 is 6.25. The lowest BCUT2D eigenvalue weighted by Crippen LogP contribution is -2.10. The first-order valence-electron chi connectivity index (χ1n) is 6.87. The Morgan fingerprint density at radius 2 is 2.10 bits per heavy atom. The normalized spacial score (nSPS) is 10.7. The highest BCUT2D eigenvalue weighted by atomic mass is 35.5. The van der Waals surface area contributed by atoms with Gasteiger partial charge >= 0.3 is 0 Å². The van der Waals surface area contributed by atoms with E-state index in [1.807, 2.05) is 32.9 Å². The second kappa shape index (κ2) is 6.31. The van der Waals surface area contributed by atoms with Gasteiger partial charge in [0.1, 0.15) is 5.75 Å². The Balaban J connectivity index is 2.28. The molecule has 0 spiro atoms. The average Bonchev–Trinajstić information content (AvgIpc) is 2.74. The van der Waals surface area contributed by atoms with E-state index in [1.54, 1.807) is 17.9 Å². The third-order valence-corrected chi connectivity index (χ3v) is 3.99. The van der Waals surface area contributed by atoms with Gasteiger partial charge in [-0.05, 0) is 44.5 Å². The van der Waals surface area contributed by atoms with Crippen LogP contribution in [0, 0.1) is 13.8 Å². The molecule has 1 aromatic carbocycles. The lowest BCUT2D eigenvalue weighted by atomic mass is 10.0. The summed E-state index contributed by atoms with van der Waals surface area (Å²) in [6.45, 7) is 6.44. The molecule has 0 radical (unpaired) electrons. The molecule has 1 aromatic heterocycles. The summed E-state index contributed by atoms with van der Waals surface area (Å²) in [5.74, 6) is 0.802. The number of ketones is 1. The number of methoxy groups -OCH3 is 1. The molecule has 1 heterocycles. The first kappa shape index (κ1) is 15.6. The maximum atomic E-state index is 12.5. The molecule has 0 bridgehead atoms. The number of nitrogens with zero attached hydrogens (tertiary/aromatic N) is 2. The summed E-state index contributed by atoms with van der Waals surface area (Å²) in [5.41, 5.74) is 3.13. The van der Waals surface area contributed by atoms with Crippen LogP contribution in [0.25, 0.3) is 0 Å². The monoisotopic (exact) mass is 306 g/mol. The minimum absolute atomic E-state index is 0.0252. The van der Waals surface area contributed by atoms with E-state index in [9.17, 15) is 4.79 Å². The predicted molar refractivity (Wildman–Crippen MR) is 83.4 cm³/mol. The molecule has 0 saturated carbocycles. The molecule has 0 amide bonds. The number of halogens is 1. The molecule has 0 aliphatic carbocycles. The number of aryl methyl sites for hydroxylation is 3. The second-order valence-corrected chi connectivity index (χ2v) is 5.32. The van der Waals surface area contributed by atoms with Crippen LogP contribution in [0.4, 0.5) is 0 Å². The van der Waals surface area contributed by atoms with Gasteiger partial charge in [0.25, 0.3) is 0 Å². The van der Waals surface area contributed by atoms with E-state index in [1.165, 1.54) is 0 Å². The largest absolute Gasteiger partial charge is 0.496 e. The van der Waals surface area contributed by atoms with E-state index >= 15 is 0 Å². The summed E-state index contributed by atoms with van der Waals surface area (Å²) in [6, 6.07) is 5.43. The van der Waals surface area contributed by atoms with Crippen LogP contribution in [0.1, 0.15) is 34.2 Å². The van der Waals surface area contributed by atoms with Crippen LogP contribution in [-0.2, 0) is 13.0 Å². The second-order valence-electron chi connectivity index (χ2n) is 4.95. The van der Waals surface area contributed by atoms with Gasteiger partial charge in [0, 0.05) is 12.1 Å². The van der Waals surface area contributed by atoms with Gasteiger partial charge < -0.3 is 4.74 Å². The average molecular weight is 307 g/mol. The fraction of sp³-hybridized carbons (Fsp3) is 0.375. The smallest absolute Gasteiger partial charge is 0.168 e. The van der Waals surface area contributed by atoms with Gasteiger partial charge in [-0.15, -0.1) is 0 Å². The van der Waals surface area contributed by atoms with E-state index < -0.39 is 0 Å². The Labute approximate surface area is 129 Å². The molecular formula is C16H19ClN2O2. The van der Waals surface area contributed by atoms with Crippen LogP contribution in [0.2, 0.25) is 5.02 Å². The van der Waals surface area contributed by atoms with Crippen LogP contribution in [0.3, 0.4) is 0 Å². The summed E-state index contributed by atoms with van der Waals surface area (Å²) in [6.07, 6.45) is 0.249. The first-order chi connectivity index (χ1) is 9.97. The Bertz CT molecular complexity index is 677. The molecule has 21 heavy (non-hydrogen) atoms. The number of Topliss-reactive ketones (excluding diaryl/α,β-unsaturated/α-hetero) is 1. The van der Waals surface area contributed by atoms with Crippen LogP contribution < -0.4 is 4.74 Å². The highest BCUT2D eigenvalue weighted by Crippen LogP contribution is 2.23. The molecule has 0 atom stereocenters. The zero-order valence-electron chi connectivity index (χ0n) is 12.7. The Hall–Kier alpha value is -1.81. The quantitative estimate of drug-likeness (QED) is 0.793. The zero-order chi connectivity index (χ0) is 15.6. The van der Waals surface area contributed by atoms with Gasteiger partial charge in [0.15, 0.2) is 5.78 Å². The molecule has 0 N–H and O–H groups in total. The van der Waals surface area contributed by atoms with Crippen molar-refractivity contribution in [3.8, 4) is 5.75 Å². The molecule has 5 heteroatoms. The van der Waals surface area contributed by atoms with Crippen molar-refractivity contribution < 1.29 is 9.53 Å². The standard InChI is InChI=1S/C16H19ClN2O2/c1-5-19-13(16(17)11(3)18-19)9-14(20)12-6-7-15(21-4)10(2)8-12/h6-8H,5,9H2,1-4H3. The number of carbonyl (C=O) groups excluding carboxylic acids is 1. The number of ether oxygens (including phenoxy) is 1. The van der Waals surface area contributed by atoms with Gasteiger partial charge in [0.2, 0.25) is 0 Å². The maximum Gasteiger partial charge on any atom is 0.168 e. The Morgan fingerprint density at radius 1 is 1.38 bits per heavy atom. The van der Waals surface area contributed by atoms with Gasteiger partial charge in [-0.3, -0.25) is 9.48 Å². The topological polar surface area (TPSA) is 44.1 Å². The number of rotatable bonds is 5. The fourth-order valence-electron chi connectivity index (χ4n) is 2.34. The highest BCUT2D eigenvalue weighted by Gasteiger charge is 2.17. The van der Waals surface area contributed by atoms with Gasteiger partial charge in [-0.25, -0.2) is 0 Å². The van der Waals surface area contributed by atoms with Crippen molar-refractivity contribution in [2.24, 2.45) is 0 Å². The molecule has 0 aliphatic rings. The van der Waals surface area contributed by atoms with E-state index in [0.29, 0.717) is 17.1 Å². The molecule has 0 aliphatic heterocycles. The summed E-state index contributed by atoms with van der Waals surface area (Å²) in [4.78, 5) is 12.5. The molecule has 2 rings (SSSR count). The molecule has 0 fully saturated rings. The third kappa shape index (κ3) is 3.10. The van der Waals surface area contributed by atoms with Crippen LogP contribution >= 0.6 is 11.6 Å². The fourth-order valence-corrected chi connectivity index (χ4v) is 2.55. The molecule has 2 aromatic rings. The van der Waals surface area contributed by atoms with Crippen molar-refractivity contribution in [3.05, 3.63) is 45.7 Å². The summed E-state index contributed by atoms with van der Waals surface area (Å²) < 4.78 is 6.99. The van der Waals surface area contributed by atoms with Crippen molar-refractivity contribution >= 4 is 17.4 Å². The third-order valence-electron chi connectivity index (χ3n) is 3.50. The van der Waals surface area contributed by atoms with Crippen molar-refractivity contribution in [1.29, 1.82) is 0 Å². The minimum atomic E-state index is 0.0252. The first-order valence-corrected chi connectivity index (χ1v) is 7.25. The molecule has 0 unspecified atom stereocenters. The SMILES string of the molecule is CCn1nc(C)c(Cl)c1CC(=O)c1ccc(OC)c(C)c1. The molecule has 112 valence electrons. The number of hydrogen-bond acceptors (Lipinski definition) is 3. The number of hydrogen-bond donors (Lipinski definition) is 0. The maximum absolute atomic E-state index is 12.5. The van der Waals surface area contributed by atoms with Crippen molar-refractivity contribution in [1.82, 2.24) is 9.78 Å². The summed E-state index contributed by atoms with van der Waals surface area (Å²) in [7, 11) is 1.62. The van der Waals surface area contributed by atoms with Crippen molar-refractivity contribution in [2.75, 3.05) is 7.11 Å². The minimum Gasteiger partial charge on any atom is -0.496 e. The molecule has 4 nitrogen and oxygen atoms in total. The van der Waals surface area contributed by atoms with Crippen molar-refractivity contribution in [2.45, 2.75) is 33.7 Å². The molecule has 0 saturated heterocycles. The van der Waals surface area contributed by atoms with Crippen LogP contribution in [0.5, 0.6) is 5.75 Å². The predicted octanol–water partition coefficient (Wildman–Crippen LogP) is 3.61. The number of benzene rings is 1. The van der Waals surface area contributed by atoms with Crippen molar-refractivity contribution in [3.63, 3.8) is 0 Å². The highest BCUT2D eigenvalue weighted by molar-refractivity contribution is 6.32. The van der Waals surface area contributed by atoms with E-state index in [2.05, 4.69) is 5.10 Å². The number of aromatic nitrogens is 2. The summed E-state index contributed by atoms with van der Waals surface area (Å²) in [5, 5.41) is 4.91. The van der Waals surface area contributed by atoms with E-state index in [4.69, 9.17) is 16.3 Å². The lowest BCUT2D eigenvalue weighted by Gasteiger charge is -2.08. The zero-order valence-corrected chi connectivity index (χ0v) is 13.5. The number of carbonyl (C=O) groups is 1. The van der Waals surface area contributed by atoms with E-state index in [0.717, 1.165) is 22.7 Å². The molecular weight excluding hydrogens is 288 g/mol.